The van der Waals surface area contributed by atoms with E-state index in [-0.39, 0.29) is 21.7 Å². The van der Waals surface area contributed by atoms with Crippen molar-refractivity contribution < 1.29 is 21.7 Å². The maximum atomic E-state index is 3.11. The molecule has 0 saturated carbocycles. The van der Waals surface area contributed by atoms with Crippen LogP contribution in [0.25, 0.3) is 0 Å². The molecule has 0 saturated heterocycles. The van der Waals surface area contributed by atoms with E-state index < -0.39 is 0 Å². The summed E-state index contributed by atoms with van der Waals surface area (Å²) in [7, 11) is 0. The van der Waals surface area contributed by atoms with Crippen LogP contribution in [0.3, 0.4) is 0 Å². The average Bonchev–Trinajstić information content (AvgIpc) is 2.44. The van der Waals surface area contributed by atoms with Crippen molar-refractivity contribution >= 4 is 0 Å². The fraction of sp³-hybridized carbons (Fsp3) is 0.556. The molecule has 1 aliphatic rings. The van der Waals surface area contributed by atoms with Crippen molar-refractivity contribution in [3.63, 3.8) is 0 Å². The van der Waals surface area contributed by atoms with Gasteiger partial charge < -0.3 is 5.32 Å². The van der Waals surface area contributed by atoms with E-state index in [1.54, 1.807) is 0 Å². The molecule has 1 rings (SSSR count). The zero-order chi connectivity index (χ0) is 7.66. The molecule has 0 fully saturated rings. The van der Waals surface area contributed by atoms with Gasteiger partial charge in [0.2, 0.25) is 0 Å². The normalized spacial score (nSPS) is 11.8. The molecule has 11 heavy (non-hydrogen) atoms. The molecule has 0 aromatic heterocycles. The van der Waals surface area contributed by atoms with E-state index in [0.717, 1.165) is 19.5 Å². The van der Waals surface area contributed by atoms with E-state index in [1.165, 1.54) is 0 Å². The third-order valence-corrected chi connectivity index (χ3v) is 1.16. The van der Waals surface area contributed by atoms with Gasteiger partial charge in [-0.25, -0.2) is 0 Å². The summed E-state index contributed by atoms with van der Waals surface area (Å²) in [6.45, 7) is 6.39. The molecule has 0 spiro atoms. The molecule has 1 nitrogen and oxygen atoms in total. The zero-order valence-electron chi connectivity index (χ0n) is 7.43. The van der Waals surface area contributed by atoms with Gasteiger partial charge in [-0.05, 0) is 19.5 Å². The molecular formula is C9H17NTi. The zero-order valence-corrected chi connectivity index (χ0v) is 8.99. The number of rotatable bonds is 2. The molecule has 0 bridgehead atoms. The molecule has 0 aromatic rings. The largest absolute Gasteiger partial charge is 0.317 e. The predicted octanol–water partition coefficient (Wildman–Crippen LogP) is 2.12. The van der Waals surface area contributed by atoms with Crippen molar-refractivity contribution in [2.75, 3.05) is 13.1 Å². The second-order valence-corrected chi connectivity index (χ2v) is 2.05. The van der Waals surface area contributed by atoms with Crippen LogP contribution in [-0.4, -0.2) is 13.1 Å². The topological polar surface area (TPSA) is 12.0 Å². The van der Waals surface area contributed by atoms with Crippen molar-refractivity contribution in [1.82, 2.24) is 5.32 Å². The summed E-state index contributed by atoms with van der Waals surface area (Å²) in [5.41, 5.74) is 0. The van der Waals surface area contributed by atoms with Crippen LogP contribution in [0.2, 0.25) is 0 Å². The van der Waals surface area contributed by atoms with E-state index >= 15 is 0 Å². The second-order valence-electron chi connectivity index (χ2n) is 2.05. The Morgan fingerprint density at radius 3 is 1.64 bits per heavy atom. The van der Waals surface area contributed by atoms with E-state index in [2.05, 4.69) is 43.5 Å². The van der Waals surface area contributed by atoms with E-state index in [0.29, 0.717) is 0 Å². The van der Waals surface area contributed by atoms with Crippen LogP contribution < -0.4 is 5.32 Å². The van der Waals surface area contributed by atoms with Crippen LogP contribution in [0.1, 0.15) is 20.3 Å². The third kappa shape index (κ3) is 13.2. The van der Waals surface area contributed by atoms with Crippen LogP contribution in [0.5, 0.6) is 0 Å². The number of allylic oxidation sites excluding steroid dienone is 4. The molecule has 0 amide bonds. The number of nitrogens with one attached hydrogen (secondary N) is 1. The van der Waals surface area contributed by atoms with Crippen LogP contribution in [0, 0.1) is 0 Å². The monoisotopic (exact) mass is 187 g/mol. The summed E-state index contributed by atoms with van der Waals surface area (Å²) in [6.07, 6.45) is 9.50. The van der Waals surface area contributed by atoms with Gasteiger partial charge in [0.15, 0.2) is 0 Å². The Labute approximate surface area is 84.8 Å². The quantitative estimate of drug-likeness (QED) is 0.653. The Kier molecular flexibility index (Phi) is 16.0. The first-order valence-corrected chi connectivity index (χ1v) is 3.94. The molecule has 0 atom stereocenters. The summed E-state index contributed by atoms with van der Waals surface area (Å²) in [5.74, 6) is 0. The number of hydrogen-bond donors (Lipinski definition) is 1. The van der Waals surface area contributed by atoms with Crippen LogP contribution in [0.15, 0.2) is 24.3 Å². The summed E-state index contributed by atoms with van der Waals surface area (Å²) in [6, 6.07) is 0. The molecule has 0 aromatic carbocycles. The standard InChI is InChI=1S/C5H6.C4H11N.Ti/c1-2-4-5-3-1;1-3-5-4-2;/h1-4H,5H2;5H,3-4H2,1-2H3;. The fourth-order valence-corrected chi connectivity index (χ4v) is 0.643. The van der Waals surface area contributed by atoms with E-state index in [1.807, 2.05) is 0 Å². The van der Waals surface area contributed by atoms with Gasteiger partial charge >= 0.3 is 0 Å². The smallest absolute Gasteiger partial charge is 0 e. The van der Waals surface area contributed by atoms with Gasteiger partial charge in [0, 0.05) is 21.7 Å². The van der Waals surface area contributed by atoms with Crippen molar-refractivity contribution in [1.29, 1.82) is 0 Å². The fourth-order valence-electron chi connectivity index (χ4n) is 0.643. The Balaban J connectivity index is 0. The Bertz CT molecular complexity index is 96.1. The Morgan fingerprint density at radius 2 is 1.55 bits per heavy atom. The average molecular weight is 187 g/mol. The van der Waals surface area contributed by atoms with Crippen molar-refractivity contribution in [2.24, 2.45) is 0 Å². The van der Waals surface area contributed by atoms with Gasteiger partial charge in [-0.1, -0.05) is 38.2 Å². The molecule has 62 valence electrons. The van der Waals surface area contributed by atoms with Crippen LogP contribution in [-0.2, 0) is 21.7 Å². The molecule has 1 aliphatic carbocycles. The molecular weight excluding hydrogens is 170 g/mol. The van der Waals surface area contributed by atoms with Crippen LogP contribution >= 0.6 is 0 Å². The molecule has 2 heteroatoms. The summed E-state index contributed by atoms with van der Waals surface area (Å²) in [4.78, 5) is 0. The minimum absolute atomic E-state index is 0. The molecule has 0 radical (unpaired) electrons. The molecule has 0 aliphatic heterocycles. The first kappa shape index (κ1) is 13.7. The predicted molar refractivity (Wildman–Crippen MR) is 47.1 cm³/mol. The van der Waals surface area contributed by atoms with Crippen molar-refractivity contribution in [3.8, 4) is 0 Å². The third-order valence-electron chi connectivity index (χ3n) is 1.16. The Hall–Kier alpha value is 0.154. The second kappa shape index (κ2) is 12.8. The SMILES string of the molecule is C1=CCC=C1.CCNCC.[Ti]. The van der Waals surface area contributed by atoms with Gasteiger partial charge in [0.25, 0.3) is 0 Å². The maximum Gasteiger partial charge on any atom is 0 e. The number of hydrogen-bond acceptors (Lipinski definition) is 1. The maximum absolute atomic E-state index is 3.11. The van der Waals surface area contributed by atoms with E-state index in [9.17, 15) is 0 Å². The van der Waals surface area contributed by atoms with Gasteiger partial charge in [-0.2, -0.15) is 0 Å². The first-order valence-electron chi connectivity index (χ1n) is 3.94. The first-order chi connectivity index (χ1) is 4.91. The van der Waals surface area contributed by atoms with Gasteiger partial charge in [-0.15, -0.1) is 0 Å². The van der Waals surface area contributed by atoms with Crippen molar-refractivity contribution in [2.45, 2.75) is 20.3 Å². The molecule has 1 N–H and O–H groups in total. The summed E-state index contributed by atoms with van der Waals surface area (Å²) >= 11 is 0. The van der Waals surface area contributed by atoms with Crippen molar-refractivity contribution in [3.05, 3.63) is 24.3 Å². The van der Waals surface area contributed by atoms with Gasteiger partial charge in [-0.3, -0.25) is 0 Å². The summed E-state index contributed by atoms with van der Waals surface area (Å²) in [5, 5.41) is 3.11. The van der Waals surface area contributed by atoms with Crippen LogP contribution in [0.4, 0.5) is 0 Å². The van der Waals surface area contributed by atoms with E-state index in [4.69, 9.17) is 0 Å². The summed E-state index contributed by atoms with van der Waals surface area (Å²) < 4.78 is 0. The molecule has 0 heterocycles. The molecule has 0 unspecified atom stereocenters. The minimum Gasteiger partial charge on any atom is -0.317 e. The van der Waals surface area contributed by atoms with Gasteiger partial charge in [0.1, 0.15) is 0 Å². The minimum atomic E-state index is 0. The van der Waals surface area contributed by atoms with Gasteiger partial charge in [0.05, 0.1) is 0 Å². The Morgan fingerprint density at radius 1 is 1.09 bits per heavy atom.